The van der Waals surface area contributed by atoms with Crippen LogP contribution in [-0.2, 0) is 4.79 Å². The lowest BCUT2D eigenvalue weighted by atomic mass is 9.84. The van der Waals surface area contributed by atoms with Gasteiger partial charge < -0.3 is 0 Å². The van der Waals surface area contributed by atoms with E-state index >= 15 is 0 Å². The molecule has 16 heavy (non-hydrogen) atoms. The smallest absolute Gasteiger partial charge is 0.164 e. The van der Waals surface area contributed by atoms with Crippen molar-refractivity contribution < 1.29 is 4.79 Å². The van der Waals surface area contributed by atoms with Crippen molar-refractivity contribution in [2.75, 3.05) is 13.1 Å². The summed E-state index contributed by atoms with van der Waals surface area (Å²) < 4.78 is 0. The zero-order chi connectivity index (χ0) is 12.0. The number of nitrogens with zero attached hydrogens (tertiary/aromatic N) is 1. The van der Waals surface area contributed by atoms with Gasteiger partial charge in [-0.15, -0.1) is 5.92 Å². The molecule has 1 heterocycles. The average Bonchev–Trinajstić information content (AvgIpc) is 2.83. The van der Waals surface area contributed by atoms with Gasteiger partial charge in [0.25, 0.3) is 0 Å². The molecule has 0 aliphatic carbocycles. The number of carbonyl (C=O) groups is 1. The van der Waals surface area contributed by atoms with Crippen LogP contribution in [0.1, 0.15) is 52.9 Å². The highest BCUT2D eigenvalue weighted by Crippen LogP contribution is 2.30. The van der Waals surface area contributed by atoms with Crippen molar-refractivity contribution >= 4 is 5.78 Å². The minimum Gasteiger partial charge on any atom is -0.297 e. The molecule has 0 amide bonds. The maximum atomic E-state index is 12.3. The molecule has 2 heteroatoms. The second kappa shape index (κ2) is 6.06. The molecule has 0 radical (unpaired) electrons. The fourth-order valence-corrected chi connectivity index (χ4v) is 2.75. The van der Waals surface area contributed by atoms with Crippen LogP contribution in [0.3, 0.4) is 0 Å². The fraction of sp³-hybridized carbons (Fsp3) is 0.786. The molecular weight excluding hydrogens is 198 g/mol. The molecular formula is C14H23NO. The van der Waals surface area contributed by atoms with E-state index in [1.165, 1.54) is 12.8 Å². The van der Waals surface area contributed by atoms with Crippen molar-refractivity contribution in [2.24, 2.45) is 0 Å². The summed E-state index contributed by atoms with van der Waals surface area (Å²) in [5, 5.41) is 0. The zero-order valence-corrected chi connectivity index (χ0v) is 10.8. The Labute approximate surface area is 99.4 Å². The molecule has 0 aromatic heterocycles. The first kappa shape index (κ1) is 13.3. The van der Waals surface area contributed by atoms with Crippen LogP contribution in [0.25, 0.3) is 0 Å². The monoisotopic (exact) mass is 221 g/mol. The molecule has 1 rings (SSSR count). The van der Waals surface area contributed by atoms with Crippen LogP contribution in [0.2, 0.25) is 0 Å². The summed E-state index contributed by atoms with van der Waals surface area (Å²) in [4.78, 5) is 14.7. The first-order valence-corrected chi connectivity index (χ1v) is 6.39. The van der Waals surface area contributed by atoms with Crippen molar-refractivity contribution in [3.05, 3.63) is 0 Å². The van der Waals surface area contributed by atoms with Crippen LogP contribution in [0.4, 0.5) is 0 Å². The van der Waals surface area contributed by atoms with E-state index in [4.69, 9.17) is 0 Å². The fourth-order valence-electron chi connectivity index (χ4n) is 2.75. The predicted molar refractivity (Wildman–Crippen MR) is 67.2 cm³/mol. The normalized spacial score (nSPS) is 16.9. The molecule has 1 aliphatic rings. The first-order chi connectivity index (χ1) is 7.71. The molecule has 1 aliphatic heterocycles. The summed E-state index contributed by atoms with van der Waals surface area (Å²) in [5.74, 6) is 6.05. The lowest BCUT2D eigenvalue weighted by Crippen LogP contribution is -2.52. The van der Waals surface area contributed by atoms with Crippen LogP contribution in [0.5, 0.6) is 0 Å². The largest absolute Gasteiger partial charge is 0.297 e. The summed E-state index contributed by atoms with van der Waals surface area (Å²) in [6.07, 6.45) is 4.69. The maximum Gasteiger partial charge on any atom is 0.164 e. The third kappa shape index (κ3) is 2.47. The molecule has 90 valence electrons. The average molecular weight is 221 g/mol. The van der Waals surface area contributed by atoms with E-state index in [2.05, 4.69) is 30.6 Å². The van der Waals surface area contributed by atoms with Gasteiger partial charge in [0.05, 0.1) is 12.0 Å². The first-order valence-electron chi connectivity index (χ1n) is 6.39. The highest BCUT2D eigenvalue weighted by Gasteiger charge is 2.40. The summed E-state index contributed by atoms with van der Waals surface area (Å²) in [5.41, 5.74) is -0.236. The van der Waals surface area contributed by atoms with Gasteiger partial charge in [0, 0.05) is 0 Å². The van der Waals surface area contributed by atoms with E-state index in [9.17, 15) is 4.79 Å². The van der Waals surface area contributed by atoms with E-state index in [1.807, 2.05) is 0 Å². The molecule has 0 saturated carbocycles. The van der Waals surface area contributed by atoms with E-state index < -0.39 is 0 Å². The van der Waals surface area contributed by atoms with Gasteiger partial charge in [0.2, 0.25) is 0 Å². The van der Waals surface area contributed by atoms with Gasteiger partial charge in [-0.1, -0.05) is 19.8 Å². The molecule has 2 nitrogen and oxygen atoms in total. The Hall–Kier alpha value is -0.810. The molecule has 1 saturated heterocycles. The number of carbonyl (C=O) groups excluding carboxylic acids is 1. The quantitative estimate of drug-likeness (QED) is 0.665. The van der Waals surface area contributed by atoms with Gasteiger partial charge in [-0.3, -0.25) is 9.69 Å². The molecule has 1 fully saturated rings. The Balaban J connectivity index is 2.83. The van der Waals surface area contributed by atoms with Gasteiger partial charge in [-0.2, -0.15) is 0 Å². The Kier molecular flexibility index (Phi) is 5.02. The minimum atomic E-state index is -0.236. The number of rotatable bonds is 5. The maximum absolute atomic E-state index is 12.3. The minimum absolute atomic E-state index is 0.236. The lowest BCUT2D eigenvalue weighted by Gasteiger charge is -2.39. The van der Waals surface area contributed by atoms with Crippen LogP contribution in [0.15, 0.2) is 0 Å². The second-order valence-electron chi connectivity index (χ2n) is 4.46. The van der Waals surface area contributed by atoms with Crippen LogP contribution >= 0.6 is 0 Å². The van der Waals surface area contributed by atoms with E-state index in [0.717, 1.165) is 25.9 Å². The Bertz CT molecular complexity index is 288. The summed E-state index contributed by atoms with van der Waals surface area (Å²) in [6.45, 7) is 8.20. The summed E-state index contributed by atoms with van der Waals surface area (Å²) >= 11 is 0. The summed E-state index contributed by atoms with van der Waals surface area (Å²) in [7, 11) is 0. The molecule has 0 unspecified atom stereocenters. The third-order valence-corrected chi connectivity index (χ3v) is 3.83. The van der Waals surface area contributed by atoms with Crippen LogP contribution in [-0.4, -0.2) is 29.3 Å². The molecule has 0 spiro atoms. The number of ketones is 1. The van der Waals surface area contributed by atoms with Gasteiger partial charge in [0.15, 0.2) is 5.78 Å². The Morgan fingerprint density at radius 1 is 1.25 bits per heavy atom. The molecule has 0 bridgehead atoms. The molecule has 0 atom stereocenters. The highest BCUT2D eigenvalue weighted by molar-refractivity contribution is 5.90. The molecule has 0 N–H and O–H groups in total. The zero-order valence-electron chi connectivity index (χ0n) is 10.8. The number of hydrogen-bond donors (Lipinski definition) is 0. The van der Waals surface area contributed by atoms with Crippen molar-refractivity contribution in [3.63, 3.8) is 0 Å². The third-order valence-electron chi connectivity index (χ3n) is 3.83. The van der Waals surface area contributed by atoms with Crippen LogP contribution in [0, 0.1) is 11.8 Å². The van der Waals surface area contributed by atoms with Gasteiger partial charge in [-0.05, 0) is 45.7 Å². The van der Waals surface area contributed by atoms with Gasteiger partial charge in [-0.25, -0.2) is 0 Å². The van der Waals surface area contributed by atoms with Crippen LogP contribution < -0.4 is 0 Å². The standard InChI is InChI=1S/C14H23NO/c1-4-7-10-13(16)14(5-2,6-3)15-11-8-9-12-15/h5-6,8-12H2,1-3H3. The molecule has 0 aromatic rings. The van der Waals surface area contributed by atoms with Crippen molar-refractivity contribution in [3.8, 4) is 11.8 Å². The Morgan fingerprint density at radius 2 is 1.81 bits per heavy atom. The molecule has 0 aromatic carbocycles. The number of likely N-dealkylation sites (tertiary alicyclic amines) is 1. The van der Waals surface area contributed by atoms with E-state index in [0.29, 0.717) is 12.2 Å². The van der Waals surface area contributed by atoms with Crippen molar-refractivity contribution in [2.45, 2.75) is 58.4 Å². The SMILES string of the molecule is CC#CCC(=O)C(CC)(CC)N1CCCC1. The van der Waals surface area contributed by atoms with Crippen molar-refractivity contribution in [1.29, 1.82) is 0 Å². The van der Waals surface area contributed by atoms with E-state index in [-0.39, 0.29) is 5.54 Å². The number of Topliss-reactive ketones (excluding diaryl/α,β-unsaturated/α-hetero) is 1. The van der Waals surface area contributed by atoms with Gasteiger partial charge in [0.1, 0.15) is 0 Å². The topological polar surface area (TPSA) is 20.3 Å². The number of hydrogen-bond acceptors (Lipinski definition) is 2. The predicted octanol–water partition coefficient (Wildman–Crippen LogP) is 2.62. The summed E-state index contributed by atoms with van der Waals surface area (Å²) in [6, 6.07) is 0. The highest BCUT2D eigenvalue weighted by atomic mass is 16.1. The second-order valence-corrected chi connectivity index (χ2v) is 4.46. The van der Waals surface area contributed by atoms with Gasteiger partial charge >= 0.3 is 0 Å². The van der Waals surface area contributed by atoms with E-state index in [1.54, 1.807) is 6.92 Å². The lowest BCUT2D eigenvalue weighted by molar-refractivity contribution is -0.130. The van der Waals surface area contributed by atoms with Crippen molar-refractivity contribution in [1.82, 2.24) is 4.90 Å². The Morgan fingerprint density at radius 3 is 2.25 bits per heavy atom.